The lowest BCUT2D eigenvalue weighted by Gasteiger charge is -2.44. The first kappa shape index (κ1) is 34.8. The van der Waals surface area contributed by atoms with Gasteiger partial charge in [-0.15, -0.1) is 0 Å². The Hall–Kier alpha value is -3.23. The number of benzene rings is 1. The molecule has 2 unspecified atom stereocenters. The normalized spacial score (nSPS) is 16.8. The van der Waals surface area contributed by atoms with Crippen molar-refractivity contribution in [3.63, 3.8) is 0 Å². The van der Waals surface area contributed by atoms with E-state index in [0.717, 1.165) is 6.26 Å². The van der Waals surface area contributed by atoms with Gasteiger partial charge < -0.3 is 14.7 Å². The molecule has 1 aromatic rings. The molecule has 0 bridgehead atoms. The lowest BCUT2D eigenvalue weighted by molar-refractivity contribution is -0.0444. The molecular weight excluding hydrogens is 527 g/mol. The smallest absolute Gasteiger partial charge is 0.180 e. The van der Waals surface area contributed by atoms with E-state index in [1.807, 2.05) is 38.7 Å². The topological polar surface area (TPSA) is 79.2 Å². The van der Waals surface area contributed by atoms with Crippen LogP contribution in [-0.4, -0.2) is 48.8 Å². The maximum atomic E-state index is 16.0. The molecule has 0 saturated carbocycles. The first-order valence-electron chi connectivity index (χ1n) is 13.2. The highest BCUT2D eigenvalue weighted by Crippen LogP contribution is 2.39. The molecule has 0 aliphatic heterocycles. The molecule has 0 aromatic heterocycles. The molecule has 0 fully saturated rings. The minimum atomic E-state index is -3.31. The van der Waals surface area contributed by atoms with Gasteiger partial charge in [-0.2, -0.15) is 0 Å². The molecule has 6 nitrogen and oxygen atoms in total. The number of hydrogen-bond donors (Lipinski definition) is 1. The molecule has 2 atom stereocenters. The van der Waals surface area contributed by atoms with Gasteiger partial charge in [0, 0.05) is 23.7 Å². The highest BCUT2D eigenvalue weighted by molar-refractivity contribution is 7.94. The number of allylic oxidation sites excluding steroid dienone is 8. The highest BCUT2D eigenvalue weighted by atomic mass is 32.2. The minimum Gasteiger partial charge on any atom is -0.462 e. The van der Waals surface area contributed by atoms with Crippen LogP contribution >= 0.6 is 0 Å². The number of hydrogen-bond acceptors (Lipinski definition) is 5. The second kappa shape index (κ2) is 15.0. The summed E-state index contributed by atoms with van der Waals surface area (Å²) in [6.07, 6.45) is 13.0. The molecule has 0 aliphatic carbocycles. The summed E-state index contributed by atoms with van der Waals surface area (Å²) >= 11 is 0. The molecule has 1 aromatic carbocycles. The van der Waals surface area contributed by atoms with E-state index in [4.69, 9.17) is 4.74 Å². The SMILES string of the molecule is C=C(/C=C\C)N=C(N(CC)C(C)/C=C(\C)OC(/C=C\C)=C/C=C(\C)S(C)(=O)=O)C(O)(c1ccccc1)C(C)(C)F. The van der Waals surface area contributed by atoms with Crippen molar-refractivity contribution in [2.45, 2.75) is 72.7 Å². The highest BCUT2D eigenvalue weighted by Gasteiger charge is 2.52. The average molecular weight is 573 g/mol. The number of likely N-dealkylation sites (N-methyl/N-ethyl adjacent to an activating group) is 1. The molecule has 0 spiro atoms. The summed E-state index contributed by atoms with van der Waals surface area (Å²) < 4.78 is 45.6. The molecule has 220 valence electrons. The lowest BCUT2D eigenvalue weighted by Crippen LogP contribution is -2.58. The maximum absolute atomic E-state index is 16.0. The Morgan fingerprint density at radius 3 is 2.20 bits per heavy atom. The maximum Gasteiger partial charge on any atom is 0.180 e. The summed E-state index contributed by atoms with van der Waals surface area (Å²) in [6.45, 7) is 17.8. The van der Waals surface area contributed by atoms with Crippen molar-refractivity contribution >= 4 is 15.7 Å². The van der Waals surface area contributed by atoms with Gasteiger partial charge in [0.25, 0.3) is 0 Å². The first-order valence-corrected chi connectivity index (χ1v) is 15.1. The third-order valence-electron chi connectivity index (χ3n) is 6.24. The van der Waals surface area contributed by atoms with Gasteiger partial charge in [0.1, 0.15) is 17.3 Å². The van der Waals surface area contributed by atoms with Crippen LogP contribution in [0, 0.1) is 0 Å². The molecule has 8 heteroatoms. The third kappa shape index (κ3) is 9.45. The molecule has 0 saturated heterocycles. The van der Waals surface area contributed by atoms with Gasteiger partial charge in [-0.25, -0.2) is 17.8 Å². The molecule has 1 N–H and O–H groups in total. The Labute approximate surface area is 240 Å². The minimum absolute atomic E-state index is 0.115. The number of sulfone groups is 1. The zero-order valence-electron chi connectivity index (χ0n) is 25.3. The molecule has 1 rings (SSSR count). The second-order valence-electron chi connectivity index (χ2n) is 10.0. The van der Waals surface area contributed by atoms with Crippen LogP contribution in [0.15, 0.2) is 107 Å². The van der Waals surface area contributed by atoms with E-state index in [0.29, 0.717) is 29.3 Å². The van der Waals surface area contributed by atoms with E-state index < -0.39 is 21.1 Å². The number of alkyl halides is 1. The van der Waals surface area contributed by atoms with Crippen molar-refractivity contribution in [1.82, 2.24) is 4.90 Å². The van der Waals surface area contributed by atoms with Gasteiger partial charge >= 0.3 is 0 Å². The van der Waals surface area contributed by atoms with E-state index >= 15 is 4.39 Å². The number of aliphatic hydroxyl groups is 1. The number of nitrogens with zero attached hydrogens (tertiary/aromatic N) is 2. The standard InChI is InChI=1S/C32H45FN2O4S/c1-11-17-24(4)34-30(32(36,31(8,9)33)28-19-15-14-16-20-28)35(13-3)25(5)23-26(6)39-29(18-12-2)22-21-27(7)40(10,37)38/h11-12,14-23,25,36H,4,13H2,1-3,5-10H3/b17-11-,18-12-,26-23+,27-21+,29-22+,34-30?. The average Bonchev–Trinajstić information content (AvgIpc) is 2.85. The molecule has 0 aliphatic rings. The van der Waals surface area contributed by atoms with Crippen molar-refractivity contribution in [3.05, 3.63) is 107 Å². The largest absolute Gasteiger partial charge is 0.462 e. The summed E-state index contributed by atoms with van der Waals surface area (Å²) in [6, 6.07) is 8.27. The first-order chi connectivity index (χ1) is 18.5. The molecule has 0 heterocycles. The second-order valence-corrected chi connectivity index (χ2v) is 12.2. The van der Waals surface area contributed by atoms with Crippen molar-refractivity contribution < 1.29 is 22.7 Å². The Balaban J connectivity index is 3.67. The predicted molar refractivity (Wildman–Crippen MR) is 165 cm³/mol. The van der Waals surface area contributed by atoms with Crippen LogP contribution in [-0.2, 0) is 20.2 Å². The summed E-state index contributed by atoms with van der Waals surface area (Å²) in [5.74, 6) is 1.08. The van der Waals surface area contributed by atoms with Gasteiger partial charge in [-0.1, -0.05) is 49.1 Å². The van der Waals surface area contributed by atoms with Gasteiger partial charge in [-0.3, -0.25) is 0 Å². The lowest BCUT2D eigenvalue weighted by atomic mass is 9.79. The van der Waals surface area contributed by atoms with E-state index in [-0.39, 0.29) is 16.8 Å². The molecular formula is C32H45FN2O4S. The number of halogens is 1. The van der Waals surface area contributed by atoms with Crippen LogP contribution in [0.3, 0.4) is 0 Å². The van der Waals surface area contributed by atoms with Gasteiger partial charge in [0.05, 0.1) is 11.5 Å². The quantitative estimate of drug-likeness (QED) is 0.118. The third-order valence-corrected chi connectivity index (χ3v) is 7.55. The molecule has 40 heavy (non-hydrogen) atoms. The van der Waals surface area contributed by atoms with Gasteiger partial charge in [0.2, 0.25) is 0 Å². The van der Waals surface area contributed by atoms with Crippen molar-refractivity contribution in [3.8, 4) is 0 Å². The van der Waals surface area contributed by atoms with Crippen LogP contribution in [0.2, 0.25) is 0 Å². The monoisotopic (exact) mass is 572 g/mol. The Bertz CT molecular complexity index is 1300. The zero-order chi connectivity index (χ0) is 30.7. The summed E-state index contributed by atoms with van der Waals surface area (Å²) in [5.41, 5.74) is -3.49. The number of ether oxygens (including phenoxy) is 1. The Morgan fingerprint density at radius 2 is 1.73 bits per heavy atom. The van der Waals surface area contributed by atoms with Crippen LogP contribution in [0.5, 0.6) is 0 Å². The fraction of sp³-hybridized carbons (Fsp3) is 0.406. The number of amidine groups is 1. The van der Waals surface area contributed by atoms with E-state index in [1.165, 1.54) is 26.8 Å². The number of aliphatic imine (C=N–C) groups is 1. The van der Waals surface area contributed by atoms with Crippen molar-refractivity contribution in [2.24, 2.45) is 4.99 Å². The fourth-order valence-electron chi connectivity index (χ4n) is 4.03. The van der Waals surface area contributed by atoms with E-state index in [1.54, 1.807) is 67.6 Å². The van der Waals surface area contributed by atoms with Gasteiger partial charge in [0.15, 0.2) is 15.4 Å². The van der Waals surface area contributed by atoms with Gasteiger partial charge in [-0.05, 0) is 91.3 Å². The van der Waals surface area contributed by atoms with Crippen LogP contribution in [0.1, 0.15) is 61.0 Å². The number of rotatable bonds is 13. The molecule has 0 amide bonds. The Morgan fingerprint density at radius 1 is 1.15 bits per heavy atom. The zero-order valence-corrected chi connectivity index (χ0v) is 26.1. The van der Waals surface area contributed by atoms with Crippen LogP contribution in [0.4, 0.5) is 4.39 Å². The summed E-state index contributed by atoms with van der Waals surface area (Å²) in [7, 11) is -3.31. The van der Waals surface area contributed by atoms with Crippen molar-refractivity contribution in [1.29, 1.82) is 0 Å². The summed E-state index contributed by atoms with van der Waals surface area (Å²) in [4.78, 5) is 6.67. The predicted octanol–water partition coefficient (Wildman–Crippen LogP) is 7.15. The van der Waals surface area contributed by atoms with Crippen molar-refractivity contribution in [2.75, 3.05) is 12.8 Å². The summed E-state index contributed by atoms with van der Waals surface area (Å²) in [5, 5.41) is 12.1. The molecule has 0 radical (unpaired) electrons. The van der Waals surface area contributed by atoms with E-state index in [9.17, 15) is 13.5 Å². The van der Waals surface area contributed by atoms with Crippen LogP contribution in [0.25, 0.3) is 0 Å². The van der Waals surface area contributed by atoms with E-state index in [2.05, 4.69) is 11.6 Å². The fourth-order valence-corrected chi connectivity index (χ4v) is 4.34. The van der Waals surface area contributed by atoms with Crippen LogP contribution < -0.4 is 0 Å². The Kier molecular flexibility index (Phi) is 13.0.